The van der Waals surface area contributed by atoms with Crippen molar-refractivity contribution >= 4 is 11.6 Å². The van der Waals surface area contributed by atoms with Crippen LogP contribution in [-0.4, -0.2) is 10.1 Å². The van der Waals surface area contributed by atoms with Gasteiger partial charge in [0.05, 0.1) is 6.04 Å². The molecule has 1 heterocycles. The first-order valence-electron chi connectivity index (χ1n) is 4.80. The normalized spacial score (nSPS) is 13.6. The summed E-state index contributed by atoms with van der Waals surface area (Å²) in [6.07, 6.45) is 0. The van der Waals surface area contributed by atoms with E-state index < -0.39 is 23.1 Å². The lowest BCUT2D eigenvalue weighted by molar-refractivity contribution is 0.0550. The maximum Gasteiger partial charge on any atom is 0.400 e. The van der Waals surface area contributed by atoms with Crippen molar-refractivity contribution in [3.8, 4) is 0 Å². The van der Waals surface area contributed by atoms with Crippen LogP contribution in [0.1, 0.15) is 23.3 Å². The molecule has 0 saturated heterocycles. The second kappa shape index (κ2) is 4.58. The molecule has 0 aliphatic heterocycles. The van der Waals surface area contributed by atoms with Crippen LogP contribution in [0.25, 0.3) is 0 Å². The van der Waals surface area contributed by atoms with Crippen molar-refractivity contribution < 1.29 is 17.7 Å². The maximum absolute atomic E-state index is 12.7. The highest BCUT2D eigenvalue weighted by molar-refractivity contribution is 6.21. The van der Waals surface area contributed by atoms with Crippen LogP contribution in [0.15, 0.2) is 28.8 Å². The van der Waals surface area contributed by atoms with E-state index in [4.69, 9.17) is 17.3 Å². The number of hydrogen-bond donors (Lipinski definition) is 1. The SMILES string of the molecule is NC(c1ccc(F)cc1)c1noc(C(F)(F)Cl)n1. The summed E-state index contributed by atoms with van der Waals surface area (Å²) < 4.78 is 42.3. The van der Waals surface area contributed by atoms with Crippen molar-refractivity contribution in [1.82, 2.24) is 10.1 Å². The van der Waals surface area contributed by atoms with Crippen LogP contribution in [0.4, 0.5) is 13.2 Å². The molecule has 2 N–H and O–H groups in total. The van der Waals surface area contributed by atoms with E-state index in [1.165, 1.54) is 24.3 Å². The third kappa shape index (κ3) is 2.62. The summed E-state index contributed by atoms with van der Waals surface area (Å²) in [6, 6.07) is 4.27. The molecule has 0 amide bonds. The molecule has 8 heteroatoms. The zero-order valence-corrected chi connectivity index (χ0v) is 9.53. The fraction of sp³-hybridized carbons (Fsp3) is 0.200. The Bertz CT molecular complexity index is 538. The van der Waals surface area contributed by atoms with E-state index in [9.17, 15) is 13.2 Å². The predicted molar refractivity (Wildman–Crippen MR) is 56.5 cm³/mol. The minimum atomic E-state index is -3.74. The zero-order valence-electron chi connectivity index (χ0n) is 8.78. The monoisotopic (exact) mass is 277 g/mol. The van der Waals surface area contributed by atoms with E-state index >= 15 is 0 Å². The molecule has 2 aromatic rings. The molecule has 2 rings (SSSR count). The molecular formula is C10H7ClF3N3O. The van der Waals surface area contributed by atoms with Crippen LogP contribution in [0, 0.1) is 5.82 Å². The molecule has 18 heavy (non-hydrogen) atoms. The zero-order chi connectivity index (χ0) is 13.3. The van der Waals surface area contributed by atoms with Gasteiger partial charge in [-0.1, -0.05) is 17.3 Å². The second-order valence-corrected chi connectivity index (χ2v) is 3.96. The quantitative estimate of drug-likeness (QED) is 0.876. The van der Waals surface area contributed by atoms with Gasteiger partial charge in [-0.2, -0.15) is 13.8 Å². The fourth-order valence-electron chi connectivity index (χ4n) is 1.30. The summed E-state index contributed by atoms with van der Waals surface area (Å²) in [5.74, 6) is -1.62. The Labute approximate surface area is 105 Å². The van der Waals surface area contributed by atoms with Crippen molar-refractivity contribution in [1.29, 1.82) is 0 Å². The standard InChI is InChI=1S/C10H7ClF3N3O/c11-10(13,14)9-16-8(17-18-9)7(15)5-1-3-6(12)4-2-5/h1-4,7H,15H2. The molecule has 4 nitrogen and oxygen atoms in total. The van der Waals surface area contributed by atoms with E-state index in [-0.39, 0.29) is 5.82 Å². The number of hydrogen-bond acceptors (Lipinski definition) is 4. The van der Waals surface area contributed by atoms with Gasteiger partial charge < -0.3 is 10.3 Å². The smallest absolute Gasteiger partial charge is 0.331 e. The molecule has 1 aromatic carbocycles. The van der Waals surface area contributed by atoms with Gasteiger partial charge in [0.1, 0.15) is 5.82 Å². The van der Waals surface area contributed by atoms with Gasteiger partial charge >= 0.3 is 11.3 Å². The molecule has 0 fully saturated rings. The van der Waals surface area contributed by atoms with Crippen molar-refractivity contribution in [2.24, 2.45) is 5.73 Å². The average Bonchev–Trinajstić information content (AvgIpc) is 2.78. The topological polar surface area (TPSA) is 64.9 Å². The Hall–Kier alpha value is -1.60. The molecule has 0 saturated carbocycles. The lowest BCUT2D eigenvalue weighted by Crippen LogP contribution is -2.14. The Morgan fingerprint density at radius 2 is 1.89 bits per heavy atom. The Morgan fingerprint density at radius 1 is 1.28 bits per heavy atom. The molecule has 0 aliphatic rings. The molecule has 0 spiro atoms. The highest BCUT2D eigenvalue weighted by Gasteiger charge is 2.36. The van der Waals surface area contributed by atoms with Gasteiger partial charge in [0, 0.05) is 0 Å². The largest absolute Gasteiger partial charge is 0.400 e. The third-order valence-corrected chi connectivity index (χ3v) is 2.35. The van der Waals surface area contributed by atoms with Crippen molar-refractivity contribution in [2.75, 3.05) is 0 Å². The number of aromatic nitrogens is 2. The number of rotatable bonds is 3. The number of alkyl halides is 3. The molecule has 0 aliphatic carbocycles. The van der Waals surface area contributed by atoms with E-state index in [2.05, 4.69) is 14.7 Å². The lowest BCUT2D eigenvalue weighted by atomic mass is 10.1. The summed E-state index contributed by atoms with van der Waals surface area (Å²) in [6.45, 7) is 0. The molecule has 0 bridgehead atoms. The minimum Gasteiger partial charge on any atom is -0.331 e. The van der Waals surface area contributed by atoms with E-state index in [0.29, 0.717) is 5.56 Å². The molecule has 1 unspecified atom stereocenters. The van der Waals surface area contributed by atoms with Crippen molar-refractivity contribution in [2.45, 2.75) is 11.4 Å². The van der Waals surface area contributed by atoms with Crippen LogP contribution in [0.5, 0.6) is 0 Å². The van der Waals surface area contributed by atoms with Crippen molar-refractivity contribution in [3.05, 3.63) is 47.4 Å². The molecule has 1 atom stereocenters. The summed E-state index contributed by atoms with van der Waals surface area (Å²) >= 11 is 4.72. The van der Waals surface area contributed by atoms with Crippen LogP contribution < -0.4 is 5.73 Å². The van der Waals surface area contributed by atoms with Gasteiger partial charge in [-0.3, -0.25) is 0 Å². The van der Waals surface area contributed by atoms with Gasteiger partial charge in [-0.25, -0.2) is 4.39 Å². The van der Waals surface area contributed by atoms with Crippen LogP contribution in [-0.2, 0) is 5.38 Å². The number of nitrogens with zero attached hydrogens (tertiary/aromatic N) is 2. The highest BCUT2D eigenvalue weighted by atomic mass is 35.5. The minimum absolute atomic E-state index is 0.156. The predicted octanol–water partition coefficient (Wildman–Crippen LogP) is 2.54. The summed E-state index contributed by atoms with van der Waals surface area (Å²) in [4.78, 5) is 3.40. The maximum atomic E-state index is 12.7. The first-order valence-corrected chi connectivity index (χ1v) is 5.17. The van der Waals surface area contributed by atoms with Crippen LogP contribution in [0.2, 0.25) is 0 Å². The van der Waals surface area contributed by atoms with Gasteiger partial charge in [0.25, 0.3) is 0 Å². The Kier molecular flexibility index (Phi) is 3.27. The van der Waals surface area contributed by atoms with E-state index in [1.807, 2.05) is 0 Å². The second-order valence-electron chi connectivity index (χ2n) is 3.48. The summed E-state index contributed by atoms with van der Waals surface area (Å²) in [7, 11) is 0. The number of benzene rings is 1. The lowest BCUT2D eigenvalue weighted by Gasteiger charge is -2.06. The molecule has 0 radical (unpaired) electrons. The van der Waals surface area contributed by atoms with Gasteiger partial charge in [-0.15, -0.1) is 0 Å². The van der Waals surface area contributed by atoms with Gasteiger partial charge in [0.2, 0.25) is 0 Å². The molecule has 96 valence electrons. The number of halogens is 4. The summed E-state index contributed by atoms with van der Waals surface area (Å²) in [5.41, 5.74) is 6.19. The van der Waals surface area contributed by atoms with Crippen molar-refractivity contribution in [3.63, 3.8) is 0 Å². The average molecular weight is 278 g/mol. The highest BCUT2D eigenvalue weighted by Crippen LogP contribution is 2.31. The first-order chi connectivity index (χ1) is 8.38. The first kappa shape index (κ1) is 12.8. The fourth-order valence-corrected chi connectivity index (χ4v) is 1.37. The Morgan fingerprint density at radius 3 is 2.39 bits per heavy atom. The summed E-state index contributed by atoms with van der Waals surface area (Å²) in [5, 5.41) is -0.430. The number of nitrogens with two attached hydrogens (primary N) is 1. The van der Waals surface area contributed by atoms with Gasteiger partial charge in [0.15, 0.2) is 5.82 Å². The van der Waals surface area contributed by atoms with Crippen LogP contribution >= 0.6 is 11.6 Å². The Balaban J connectivity index is 2.26. The third-order valence-electron chi connectivity index (χ3n) is 2.19. The molecular weight excluding hydrogens is 271 g/mol. The van der Waals surface area contributed by atoms with Crippen LogP contribution in [0.3, 0.4) is 0 Å². The van der Waals surface area contributed by atoms with E-state index in [0.717, 1.165) is 0 Å². The molecule has 1 aromatic heterocycles. The van der Waals surface area contributed by atoms with Gasteiger partial charge in [-0.05, 0) is 29.3 Å². The van der Waals surface area contributed by atoms with E-state index in [1.54, 1.807) is 0 Å².